The Hall–Kier alpha value is -1.86. The van der Waals surface area contributed by atoms with Gasteiger partial charge in [-0.15, -0.1) is 5.10 Å². The zero-order valence-corrected chi connectivity index (χ0v) is 14.8. The lowest BCUT2D eigenvalue weighted by atomic mass is 10.1. The van der Waals surface area contributed by atoms with E-state index < -0.39 is 0 Å². The molecule has 2 heterocycles. The molecule has 1 aliphatic rings. The molecule has 1 aliphatic heterocycles. The fraction of sp³-hybridized carbons (Fsp3) is 0.471. The maximum absolute atomic E-state index is 13.0. The van der Waals surface area contributed by atoms with Crippen molar-refractivity contribution in [3.63, 3.8) is 0 Å². The standard InChI is InChI=1S/C17H22N4O2S/c1-12(2)15-18-17(20-19-15)24-14(13-6-4-3-5-7-13)16(22)21-8-10-23-11-9-21/h3-7,12,14H,8-11H2,1-2H3,(H,18,19,20)/t14-/m0/s1. The van der Waals surface area contributed by atoms with Crippen LogP contribution in [0.1, 0.15) is 36.4 Å². The molecular weight excluding hydrogens is 324 g/mol. The number of aromatic amines is 1. The number of carbonyl (C=O) groups excluding carboxylic acids is 1. The molecule has 1 amide bonds. The topological polar surface area (TPSA) is 71.1 Å². The molecule has 1 atom stereocenters. The Balaban J connectivity index is 1.82. The van der Waals surface area contributed by atoms with Crippen LogP contribution in [0.15, 0.2) is 35.5 Å². The Kier molecular flexibility index (Phi) is 5.52. The molecule has 0 saturated carbocycles. The van der Waals surface area contributed by atoms with E-state index in [1.54, 1.807) is 0 Å². The molecule has 128 valence electrons. The summed E-state index contributed by atoms with van der Waals surface area (Å²) in [4.78, 5) is 19.4. The summed E-state index contributed by atoms with van der Waals surface area (Å²) in [7, 11) is 0. The molecule has 3 rings (SSSR count). The Labute approximate surface area is 146 Å². The number of ether oxygens (including phenoxy) is 1. The highest BCUT2D eigenvalue weighted by molar-refractivity contribution is 8.00. The highest BCUT2D eigenvalue weighted by Gasteiger charge is 2.29. The smallest absolute Gasteiger partial charge is 0.240 e. The first-order valence-corrected chi connectivity index (χ1v) is 9.03. The monoisotopic (exact) mass is 346 g/mol. The zero-order valence-electron chi connectivity index (χ0n) is 13.9. The van der Waals surface area contributed by atoms with Crippen molar-refractivity contribution in [3.8, 4) is 0 Å². The van der Waals surface area contributed by atoms with Crippen LogP contribution in [0.3, 0.4) is 0 Å². The second-order valence-electron chi connectivity index (χ2n) is 6.00. The number of thioether (sulfide) groups is 1. The van der Waals surface area contributed by atoms with Gasteiger partial charge in [-0.1, -0.05) is 55.9 Å². The summed E-state index contributed by atoms with van der Waals surface area (Å²) in [5, 5.41) is 7.47. The molecule has 0 unspecified atom stereocenters. The molecular formula is C17H22N4O2S. The van der Waals surface area contributed by atoms with Crippen molar-refractivity contribution in [2.75, 3.05) is 26.3 Å². The molecule has 7 heteroatoms. The van der Waals surface area contributed by atoms with E-state index in [1.807, 2.05) is 35.2 Å². The van der Waals surface area contributed by atoms with Gasteiger partial charge >= 0.3 is 0 Å². The first-order valence-electron chi connectivity index (χ1n) is 8.15. The van der Waals surface area contributed by atoms with Crippen LogP contribution in [0.25, 0.3) is 0 Å². The molecule has 0 bridgehead atoms. The summed E-state index contributed by atoms with van der Waals surface area (Å²) < 4.78 is 5.35. The van der Waals surface area contributed by atoms with Gasteiger partial charge in [0, 0.05) is 19.0 Å². The van der Waals surface area contributed by atoms with Crippen LogP contribution in [0.2, 0.25) is 0 Å². The summed E-state index contributed by atoms with van der Waals surface area (Å²) in [6.45, 7) is 6.57. The first kappa shape index (κ1) is 17.0. The van der Waals surface area contributed by atoms with Crippen LogP contribution in [0, 0.1) is 0 Å². The number of rotatable bonds is 5. The third-order valence-electron chi connectivity index (χ3n) is 3.90. The molecule has 2 aromatic rings. The number of nitrogens with zero attached hydrogens (tertiary/aromatic N) is 3. The van der Waals surface area contributed by atoms with Crippen LogP contribution in [-0.4, -0.2) is 52.3 Å². The molecule has 0 spiro atoms. The number of morpholine rings is 1. The first-order chi connectivity index (χ1) is 11.6. The van der Waals surface area contributed by atoms with Gasteiger partial charge in [-0.25, -0.2) is 4.98 Å². The largest absolute Gasteiger partial charge is 0.378 e. The highest BCUT2D eigenvalue weighted by atomic mass is 32.2. The molecule has 1 N–H and O–H groups in total. The van der Waals surface area contributed by atoms with Gasteiger partial charge in [-0.05, 0) is 5.56 Å². The molecule has 6 nitrogen and oxygen atoms in total. The van der Waals surface area contributed by atoms with Crippen molar-refractivity contribution >= 4 is 17.7 Å². The SMILES string of the molecule is CC(C)c1nc(S[C@H](C(=O)N2CCOCC2)c2ccccc2)n[nH]1. The Morgan fingerprint density at radius 1 is 1.25 bits per heavy atom. The number of H-pyrrole nitrogens is 1. The average Bonchev–Trinajstić information content (AvgIpc) is 3.10. The van der Waals surface area contributed by atoms with E-state index in [9.17, 15) is 4.79 Å². The zero-order chi connectivity index (χ0) is 16.9. The number of benzene rings is 1. The predicted molar refractivity (Wildman–Crippen MR) is 92.9 cm³/mol. The maximum Gasteiger partial charge on any atom is 0.240 e. The van der Waals surface area contributed by atoms with Crippen LogP contribution in [0.4, 0.5) is 0 Å². The maximum atomic E-state index is 13.0. The second-order valence-corrected chi connectivity index (χ2v) is 7.08. The van der Waals surface area contributed by atoms with Crippen LogP contribution >= 0.6 is 11.8 Å². The molecule has 1 fully saturated rings. The lowest BCUT2D eigenvalue weighted by molar-refractivity contribution is -0.134. The van der Waals surface area contributed by atoms with E-state index in [2.05, 4.69) is 29.0 Å². The number of hydrogen-bond donors (Lipinski definition) is 1. The lowest BCUT2D eigenvalue weighted by Crippen LogP contribution is -2.42. The molecule has 24 heavy (non-hydrogen) atoms. The van der Waals surface area contributed by atoms with E-state index in [1.165, 1.54) is 11.8 Å². The number of amides is 1. The van der Waals surface area contributed by atoms with E-state index >= 15 is 0 Å². The number of carbonyl (C=O) groups is 1. The molecule has 0 aliphatic carbocycles. The average molecular weight is 346 g/mol. The predicted octanol–water partition coefficient (Wildman–Crippen LogP) is 2.62. The minimum atomic E-state index is -0.347. The van der Waals surface area contributed by atoms with Crippen LogP contribution in [0.5, 0.6) is 0 Å². The van der Waals surface area contributed by atoms with E-state index in [-0.39, 0.29) is 17.1 Å². The quantitative estimate of drug-likeness (QED) is 0.843. The molecule has 1 saturated heterocycles. The van der Waals surface area contributed by atoms with Gasteiger partial charge in [0.2, 0.25) is 11.1 Å². The Morgan fingerprint density at radius 2 is 1.96 bits per heavy atom. The summed E-state index contributed by atoms with van der Waals surface area (Å²) in [5.74, 6) is 1.20. The van der Waals surface area contributed by atoms with Crippen LogP contribution in [-0.2, 0) is 9.53 Å². The van der Waals surface area contributed by atoms with E-state index in [0.717, 1.165) is 11.4 Å². The van der Waals surface area contributed by atoms with Crippen molar-refractivity contribution in [1.82, 2.24) is 20.1 Å². The van der Waals surface area contributed by atoms with Crippen LogP contribution < -0.4 is 0 Å². The molecule has 1 aromatic heterocycles. The molecule has 0 radical (unpaired) electrons. The van der Waals surface area contributed by atoms with Crippen molar-refractivity contribution in [3.05, 3.63) is 41.7 Å². The van der Waals surface area contributed by atoms with Gasteiger partial charge in [0.25, 0.3) is 0 Å². The summed E-state index contributed by atoms with van der Waals surface area (Å²) in [5.41, 5.74) is 0.967. The fourth-order valence-electron chi connectivity index (χ4n) is 2.51. The van der Waals surface area contributed by atoms with Gasteiger partial charge in [0.15, 0.2) is 0 Å². The fourth-order valence-corrected chi connectivity index (χ4v) is 3.52. The van der Waals surface area contributed by atoms with Gasteiger partial charge in [0.1, 0.15) is 11.1 Å². The van der Waals surface area contributed by atoms with Gasteiger partial charge in [-0.3, -0.25) is 9.89 Å². The number of aromatic nitrogens is 3. The van der Waals surface area contributed by atoms with Gasteiger partial charge < -0.3 is 9.64 Å². The lowest BCUT2D eigenvalue weighted by Gasteiger charge is -2.30. The second kappa shape index (κ2) is 7.81. The number of hydrogen-bond acceptors (Lipinski definition) is 5. The third kappa shape index (κ3) is 3.96. The highest BCUT2D eigenvalue weighted by Crippen LogP contribution is 2.35. The number of nitrogens with one attached hydrogen (secondary N) is 1. The molecule has 1 aromatic carbocycles. The van der Waals surface area contributed by atoms with Gasteiger partial charge in [0.05, 0.1) is 13.2 Å². The van der Waals surface area contributed by atoms with E-state index in [4.69, 9.17) is 4.74 Å². The minimum Gasteiger partial charge on any atom is -0.378 e. The minimum absolute atomic E-state index is 0.0883. The third-order valence-corrected chi connectivity index (χ3v) is 5.00. The van der Waals surface area contributed by atoms with Crippen molar-refractivity contribution in [2.24, 2.45) is 0 Å². The van der Waals surface area contributed by atoms with E-state index in [0.29, 0.717) is 31.5 Å². The Morgan fingerprint density at radius 3 is 2.58 bits per heavy atom. The van der Waals surface area contributed by atoms with Crippen molar-refractivity contribution < 1.29 is 9.53 Å². The van der Waals surface area contributed by atoms with Crippen molar-refractivity contribution in [2.45, 2.75) is 30.2 Å². The van der Waals surface area contributed by atoms with Gasteiger partial charge in [-0.2, -0.15) is 0 Å². The normalized spacial score (nSPS) is 16.4. The summed E-state index contributed by atoms with van der Waals surface area (Å²) in [6.07, 6.45) is 0. The van der Waals surface area contributed by atoms with Crippen molar-refractivity contribution in [1.29, 1.82) is 0 Å². The summed E-state index contributed by atoms with van der Waals surface area (Å²) >= 11 is 1.40. The Bertz CT molecular complexity index is 668. The summed E-state index contributed by atoms with van der Waals surface area (Å²) in [6, 6.07) is 9.81.